The van der Waals surface area contributed by atoms with Crippen molar-refractivity contribution >= 4 is 66.1 Å². The molecule has 246 valence electrons. The minimum Gasteiger partial charge on any atom is -0.309 e. The zero-order chi connectivity index (χ0) is 34.8. The van der Waals surface area contributed by atoms with E-state index in [1.807, 2.05) is 48.5 Å². The number of fused-ring (bicyclic) bond motifs is 8. The first-order chi connectivity index (χ1) is 23.9. The summed E-state index contributed by atoms with van der Waals surface area (Å²) in [6.45, 7) is 0. The zero-order valence-corrected chi connectivity index (χ0v) is 27.0. The van der Waals surface area contributed by atoms with Gasteiger partial charge in [-0.2, -0.15) is 26.3 Å². The van der Waals surface area contributed by atoms with Gasteiger partial charge in [0.2, 0.25) is 0 Å². The van der Waals surface area contributed by atoms with Crippen molar-refractivity contribution in [3.8, 4) is 11.1 Å². The highest BCUT2D eigenvalue weighted by Gasteiger charge is 2.35. The van der Waals surface area contributed by atoms with Crippen LogP contribution in [0.1, 0.15) is 11.1 Å². The number of benzene rings is 8. The monoisotopic (exact) mass is 690 g/mol. The largest absolute Gasteiger partial charge is 0.416 e. The van der Waals surface area contributed by atoms with Crippen molar-refractivity contribution in [2.24, 2.45) is 0 Å². The van der Waals surface area contributed by atoms with Gasteiger partial charge in [-0.05, 0) is 84.5 Å². The van der Waals surface area contributed by atoms with Crippen molar-refractivity contribution in [3.63, 3.8) is 0 Å². The van der Waals surface area contributed by atoms with Crippen LogP contribution in [0.4, 0.5) is 26.3 Å². The molecule has 8 aromatic carbocycles. The second-order valence-corrected chi connectivity index (χ2v) is 15.0. The second kappa shape index (κ2) is 11.6. The molecule has 0 N–H and O–H groups in total. The maximum absolute atomic E-state index is 15.1. The lowest BCUT2D eigenvalue weighted by Crippen LogP contribution is -2.25. The number of hydrogen-bond donors (Lipinski definition) is 0. The molecule has 0 heterocycles. The van der Waals surface area contributed by atoms with Gasteiger partial charge >= 0.3 is 12.4 Å². The van der Waals surface area contributed by atoms with Crippen molar-refractivity contribution in [3.05, 3.63) is 163 Å². The molecule has 50 heavy (non-hydrogen) atoms. The summed E-state index contributed by atoms with van der Waals surface area (Å²) in [6.07, 6.45) is -9.22. The fourth-order valence-corrected chi connectivity index (χ4v) is 9.63. The summed E-state index contributed by atoms with van der Waals surface area (Å²) in [5.41, 5.74) is -0.0902. The van der Waals surface area contributed by atoms with E-state index in [4.69, 9.17) is 0 Å². The van der Waals surface area contributed by atoms with Crippen molar-refractivity contribution in [2.45, 2.75) is 12.4 Å². The smallest absolute Gasteiger partial charge is 0.309 e. The van der Waals surface area contributed by atoms with Crippen LogP contribution in [0.25, 0.3) is 54.2 Å². The van der Waals surface area contributed by atoms with Gasteiger partial charge in [-0.3, -0.25) is 0 Å². The number of hydrogen-bond acceptors (Lipinski definition) is 1. The normalized spacial score (nSPS) is 12.7. The Balaban J connectivity index is 1.32. The van der Waals surface area contributed by atoms with E-state index in [1.165, 1.54) is 0 Å². The molecular formula is C42H25F6OP. The average molecular weight is 691 g/mol. The van der Waals surface area contributed by atoms with Gasteiger partial charge in [0.25, 0.3) is 0 Å². The molecule has 0 bridgehead atoms. The van der Waals surface area contributed by atoms with E-state index in [0.29, 0.717) is 0 Å². The zero-order valence-electron chi connectivity index (χ0n) is 26.1. The van der Waals surface area contributed by atoms with Crippen LogP contribution >= 0.6 is 7.14 Å². The number of alkyl halides is 6. The summed E-state index contributed by atoms with van der Waals surface area (Å²) >= 11 is 0. The molecule has 8 heteroatoms. The van der Waals surface area contributed by atoms with Crippen LogP contribution in [-0.4, -0.2) is 0 Å². The van der Waals surface area contributed by atoms with E-state index in [2.05, 4.69) is 42.5 Å². The Hall–Kier alpha value is -5.39. The Morgan fingerprint density at radius 3 is 1.16 bits per heavy atom. The molecule has 0 aliphatic heterocycles. The number of rotatable bonds is 4. The van der Waals surface area contributed by atoms with Crippen molar-refractivity contribution in [2.75, 3.05) is 0 Å². The molecule has 0 radical (unpaired) electrons. The summed E-state index contributed by atoms with van der Waals surface area (Å²) in [7, 11) is -3.91. The van der Waals surface area contributed by atoms with E-state index in [0.717, 1.165) is 103 Å². The summed E-state index contributed by atoms with van der Waals surface area (Å²) in [5.74, 6) is 0. The van der Waals surface area contributed by atoms with Crippen LogP contribution in [0.5, 0.6) is 0 Å². The average Bonchev–Trinajstić information content (AvgIpc) is 3.13. The highest BCUT2D eigenvalue weighted by Crippen LogP contribution is 2.46. The molecule has 0 amide bonds. The molecule has 0 unspecified atom stereocenters. The topological polar surface area (TPSA) is 17.1 Å². The maximum Gasteiger partial charge on any atom is 0.416 e. The molecule has 8 rings (SSSR count). The van der Waals surface area contributed by atoms with Crippen molar-refractivity contribution in [1.29, 1.82) is 0 Å². The summed E-state index contributed by atoms with van der Waals surface area (Å²) in [6, 6.07) is 41.7. The van der Waals surface area contributed by atoms with E-state index in [9.17, 15) is 26.3 Å². The van der Waals surface area contributed by atoms with Gasteiger partial charge in [0.1, 0.15) is 0 Å². The molecule has 0 fully saturated rings. The molecule has 8 aromatic rings. The van der Waals surface area contributed by atoms with Crippen molar-refractivity contribution < 1.29 is 30.9 Å². The summed E-state index contributed by atoms with van der Waals surface area (Å²) in [4.78, 5) is 0. The molecule has 0 saturated heterocycles. The Morgan fingerprint density at radius 1 is 0.380 bits per heavy atom. The van der Waals surface area contributed by atoms with Crippen LogP contribution in [0.15, 0.2) is 152 Å². The number of halogens is 6. The first kappa shape index (κ1) is 31.9. The lowest BCUT2D eigenvalue weighted by Gasteiger charge is -2.22. The molecule has 0 aromatic heterocycles. The van der Waals surface area contributed by atoms with Gasteiger partial charge < -0.3 is 4.57 Å². The Kier molecular flexibility index (Phi) is 7.39. The minimum atomic E-state index is -4.61. The van der Waals surface area contributed by atoms with Gasteiger partial charge in [0.05, 0.1) is 11.1 Å². The third kappa shape index (κ3) is 5.16. The van der Waals surface area contributed by atoms with E-state index < -0.39 is 30.6 Å². The minimum absolute atomic E-state index is 0.0764. The van der Waals surface area contributed by atoms with Crippen molar-refractivity contribution in [1.82, 2.24) is 0 Å². The van der Waals surface area contributed by atoms with Gasteiger partial charge in [0, 0.05) is 15.9 Å². The Labute approximate surface area is 282 Å². The standard InChI is InChI=1S/C42H25F6OP/c43-41(44,45)27-15-21-30(22-16-27)50(49,31-23-17-28(18-24-31)42(46,47)48)29-19-13-26(14-20-29)38-25-39-34-9-2-1-7-32(34)33-8-3-5-11-36(33)40(39)37-12-6-4-10-35(37)38/h1-25H. The van der Waals surface area contributed by atoms with Crippen LogP contribution in [-0.2, 0) is 16.9 Å². The lowest BCUT2D eigenvalue weighted by atomic mass is 9.87. The fraction of sp³-hybridized carbons (Fsp3) is 0.0476. The summed E-state index contributed by atoms with van der Waals surface area (Å²) < 4.78 is 95.6. The maximum atomic E-state index is 15.1. The van der Waals surface area contributed by atoms with Crippen LogP contribution < -0.4 is 15.9 Å². The highest BCUT2D eigenvalue weighted by molar-refractivity contribution is 7.85. The summed E-state index contributed by atoms with van der Waals surface area (Å²) in [5, 5.41) is 9.20. The molecule has 0 saturated carbocycles. The van der Waals surface area contributed by atoms with Crippen LogP contribution in [0, 0.1) is 0 Å². The first-order valence-electron chi connectivity index (χ1n) is 15.8. The fourth-order valence-electron chi connectivity index (χ4n) is 7.02. The molecule has 0 atom stereocenters. The second-order valence-electron chi connectivity index (χ2n) is 12.2. The predicted molar refractivity (Wildman–Crippen MR) is 191 cm³/mol. The molecule has 0 aliphatic carbocycles. The SMILES string of the molecule is O=P(c1ccc(-c2cc3c4ccccc4c4ccccc4c3c3ccccc23)cc1)(c1ccc(C(F)(F)F)cc1)c1ccc(C(F)(F)F)cc1. The molecule has 0 aliphatic rings. The molecule has 0 spiro atoms. The Bertz CT molecular complexity index is 2560. The lowest BCUT2D eigenvalue weighted by molar-refractivity contribution is -0.138. The van der Waals surface area contributed by atoms with Gasteiger partial charge in [-0.15, -0.1) is 0 Å². The van der Waals surface area contributed by atoms with E-state index in [1.54, 1.807) is 12.1 Å². The predicted octanol–water partition coefficient (Wildman–Crippen LogP) is 11.6. The highest BCUT2D eigenvalue weighted by atomic mass is 31.2. The first-order valence-corrected chi connectivity index (χ1v) is 17.5. The van der Waals surface area contributed by atoms with Gasteiger partial charge in [0.15, 0.2) is 7.14 Å². The third-order valence-corrected chi connectivity index (χ3v) is 12.5. The van der Waals surface area contributed by atoms with Gasteiger partial charge in [-0.1, -0.05) is 121 Å². The van der Waals surface area contributed by atoms with Crippen LogP contribution in [0.2, 0.25) is 0 Å². The van der Waals surface area contributed by atoms with Gasteiger partial charge in [-0.25, -0.2) is 0 Å². The molecular weight excluding hydrogens is 665 g/mol. The van der Waals surface area contributed by atoms with E-state index in [-0.39, 0.29) is 15.9 Å². The van der Waals surface area contributed by atoms with Crippen LogP contribution in [0.3, 0.4) is 0 Å². The van der Waals surface area contributed by atoms with E-state index >= 15 is 4.57 Å². The third-order valence-electron chi connectivity index (χ3n) is 9.41. The Morgan fingerprint density at radius 2 is 0.720 bits per heavy atom. The quantitative estimate of drug-likeness (QED) is 0.102. The molecule has 1 nitrogen and oxygen atoms in total.